The molecule has 0 bridgehead atoms. The number of carboxylic acids is 1. The number of nitrogens with zero attached hydrogens (tertiary/aromatic N) is 3. The van der Waals surface area contributed by atoms with Gasteiger partial charge in [0.15, 0.2) is 5.82 Å². The molecule has 3 aromatic rings. The standard InChI is InChI=1S/C20H16FN3O2S/c1-11-17-18(13-3-5-14(6-4-13)20(25)26)27-12(2)22-19(17)24(23-11)16-9-7-15(21)8-10-16/h3-10,18H,1-2H3,(H,25,26). The Hall–Kier alpha value is -2.93. The molecule has 0 fully saturated rings. The van der Waals surface area contributed by atoms with Crippen molar-refractivity contribution in [2.75, 3.05) is 0 Å². The molecule has 1 aliphatic heterocycles. The zero-order chi connectivity index (χ0) is 19.1. The number of aromatic carboxylic acids is 1. The lowest BCUT2D eigenvalue weighted by Gasteiger charge is -2.22. The summed E-state index contributed by atoms with van der Waals surface area (Å²) in [6.45, 7) is 3.86. The molecule has 1 atom stereocenters. The molecule has 1 N–H and O–H groups in total. The Morgan fingerprint density at radius 3 is 2.41 bits per heavy atom. The van der Waals surface area contributed by atoms with Gasteiger partial charge < -0.3 is 5.11 Å². The van der Waals surface area contributed by atoms with Crippen LogP contribution >= 0.6 is 11.8 Å². The van der Waals surface area contributed by atoms with Crippen LogP contribution in [0.3, 0.4) is 0 Å². The fraction of sp³-hybridized carbons (Fsp3) is 0.150. The van der Waals surface area contributed by atoms with E-state index in [0.29, 0.717) is 0 Å². The van der Waals surface area contributed by atoms with E-state index in [1.54, 1.807) is 40.7 Å². The molecule has 7 heteroatoms. The van der Waals surface area contributed by atoms with Crippen molar-refractivity contribution in [1.82, 2.24) is 9.78 Å². The molecule has 2 heterocycles. The highest BCUT2D eigenvalue weighted by Gasteiger charge is 2.30. The van der Waals surface area contributed by atoms with Gasteiger partial charge in [-0.25, -0.2) is 18.9 Å². The van der Waals surface area contributed by atoms with Gasteiger partial charge in [0.2, 0.25) is 0 Å². The van der Waals surface area contributed by atoms with E-state index in [2.05, 4.69) is 10.1 Å². The lowest BCUT2D eigenvalue weighted by molar-refractivity contribution is 0.0697. The summed E-state index contributed by atoms with van der Waals surface area (Å²) in [6, 6.07) is 13.0. The Labute approximate surface area is 159 Å². The minimum Gasteiger partial charge on any atom is -0.478 e. The highest BCUT2D eigenvalue weighted by Crippen LogP contribution is 2.47. The number of carboxylic acid groups (broad SMARTS) is 1. The van der Waals surface area contributed by atoms with Crippen LogP contribution in [0.5, 0.6) is 0 Å². The maximum Gasteiger partial charge on any atom is 0.335 e. The molecule has 1 aromatic heterocycles. The molecule has 27 heavy (non-hydrogen) atoms. The molecule has 0 saturated heterocycles. The number of aromatic nitrogens is 2. The normalized spacial score (nSPS) is 16.0. The summed E-state index contributed by atoms with van der Waals surface area (Å²) in [6.07, 6.45) is 0. The number of thioether (sulfide) groups is 1. The number of aryl methyl sites for hydroxylation is 1. The number of hydrogen-bond acceptors (Lipinski definition) is 4. The second-order valence-electron chi connectivity index (χ2n) is 6.27. The van der Waals surface area contributed by atoms with Crippen molar-refractivity contribution in [3.05, 3.63) is 76.7 Å². The lowest BCUT2D eigenvalue weighted by Crippen LogP contribution is -2.07. The van der Waals surface area contributed by atoms with Crippen molar-refractivity contribution in [3.8, 4) is 5.69 Å². The molecule has 1 unspecified atom stereocenters. The first kappa shape index (κ1) is 17.5. The highest BCUT2D eigenvalue weighted by molar-refractivity contribution is 8.14. The largest absolute Gasteiger partial charge is 0.478 e. The van der Waals surface area contributed by atoms with Gasteiger partial charge >= 0.3 is 5.97 Å². The SMILES string of the molecule is CC1=Nc2c(c(C)nn2-c2ccc(F)cc2)C(c2ccc(C(=O)O)cc2)S1. The Bertz CT molecular complexity index is 1060. The Morgan fingerprint density at radius 1 is 1.11 bits per heavy atom. The van der Waals surface area contributed by atoms with Crippen molar-refractivity contribution < 1.29 is 14.3 Å². The molecule has 0 aliphatic carbocycles. The number of carbonyl (C=O) groups is 1. The second-order valence-corrected chi connectivity index (χ2v) is 7.56. The van der Waals surface area contributed by atoms with Crippen molar-refractivity contribution in [2.24, 2.45) is 4.99 Å². The van der Waals surface area contributed by atoms with E-state index < -0.39 is 5.97 Å². The average Bonchev–Trinajstić information content (AvgIpc) is 2.98. The predicted octanol–water partition coefficient (Wildman–Crippen LogP) is 4.90. The summed E-state index contributed by atoms with van der Waals surface area (Å²) < 4.78 is 15.0. The third-order valence-corrected chi connectivity index (χ3v) is 5.60. The van der Waals surface area contributed by atoms with Gasteiger partial charge in [-0.05, 0) is 55.8 Å². The minimum absolute atomic E-state index is 0.0328. The predicted molar refractivity (Wildman–Crippen MR) is 104 cm³/mol. The fourth-order valence-electron chi connectivity index (χ4n) is 3.14. The molecule has 0 amide bonds. The quantitative estimate of drug-likeness (QED) is 0.700. The average molecular weight is 381 g/mol. The van der Waals surface area contributed by atoms with E-state index >= 15 is 0 Å². The molecule has 2 aromatic carbocycles. The van der Waals surface area contributed by atoms with Crippen LogP contribution in [0.25, 0.3) is 5.69 Å². The molecule has 1 aliphatic rings. The van der Waals surface area contributed by atoms with Gasteiger partial charge in [-0.3, -0.25) is 0 Å². The van der Waals surface area contributed by atoms with Gasteiger partial charge in [0.25, 0.3) is 0 Å². The molecule has 0 saturated carbocycles. The molecule has 4 rings (SSSR count). The zero-order valence-corrected chi connectivity index (χ0v) is 15.5. The van der Waals surface area contributed by atoms with Crippen LogP contribution in [0.1, 0.15) is 39.4 Å². The number of benzene rings is 2. The highest BCUT2D eigenvalue weighted by atomic mass is 32.2. The van der Waals surface area contributed by atoms with Gasteiger partial charge in [-0.15, -0.1) is 0 Å². The van der Waals surface area contributed by atoms with Gasteiger partial charge in [0, 0.05) is 5.56 Å². The molecular formula is C20H16FN3O2S. The van der Waals surface area contributed by atoms with E-state index in [9.17, 15) is 9.18 Å². The molecule has 0 spiro atoms. The third-order valence-electron chi connectivity index (χ3n) is 4.43. The summed E-state index contributed by atoms with van der Waals surface area (Å²) in [7, 11) is 0. The monoisotopic (exact) mass is 381 g/mol. The summed E-state index contributed by atoms with van der Waals surface area (Å²) >= 11 is 1.61. The summed E-state index contributed by atoms with van der Waals surface area (Å²) in [5, 5.41) is 14.6. The Kier molecular flexibility index (Phi) is 4.31. The van der Waals surface area contributed by atoms with Crippen LogP contribution in [0.15, 0.2) is 53.5 Å². The van der Waals surface area contributed by atoms with Gasteiger partial charge in [0.05, 0.1) is 27.2 Å². The van der Waals surface area contributed by atoms with E-state index in [1.165, 1.54) is 12.1 Å². The van der Waals surface area contributed by atoms with Crippen LogP contribution in [-0.2, 0) is 0 Å². The van der Waals surface area contributed by atoms with Crippen molar-refractivity contribution in [3.63, 3.8) is 0 Å². The summed E-state index contributed by atoms with van der Waals surface area (Å²) in [4.78, 5) is 15.8. The maximum atomic E-state index is 13.3. The minimum atomic E-state index is -0.948. The smallest absolute Gasteiger partial charge is 0.335 e. The summed E-state index contributed by atoms with van der Waals surface area (Å²) in [5.41, 5.74) is 3.80. The van der Waals surface area contributed by atoms with E-state index in [0.717, 1.165) is 33.4 Å². The molecule has 0 radical (unpaired) electrons. The van der Waals surface area contributed by atoms with Crippen LogP contribution < -0.4 is 0 Å². The number of hydrogen-bond donors (Lipinski definition) is 1. The lowest BCUT2D eigenvalue weighted by atomic mass is 10.0. The van der Waals surface area contributed by atoms with Crippen molar-refractivity contribution >= 4 is 28.6 Å². The molecule has 5 nitrogen and oxygen atoms in total. The third kappa shape index (κ3) is 3.14. The van der Waals surface area contributed by atoms with E-state index in [-0.39, 0.29) is 16.6 Å². The zero-order valence-electron chi connectivity index (χ0n) is 14.7. The van der Waals surface area contributed by atoms with E-state index in [1.807, 2.05) is 26.0 Å². The van der Waals surface area contributed by atoms with E-state index in [4.69, 9.17) is 5.11 Å². The van der Waals surface area contributed by atoms with Crippen LogP contribution in [0.2, 0.25) is 0 Å². The van der Waals surface area contributed by atoms with Crippen LogP contribution in [-0.4, -0.2) is 25.9 Å². The number of fused-ring (bicyclic) bond motifs is 1. The van der Waals surface area contributed by atoms with Gasteiger partial charge in [-0.2, -0.15) is 5.10 Å². The molecular weight excluding hydrogens is 365 g/mol. The maximum absolute atomic E-state index is 13.3. The summed E-state index contributed by atoms with van der Waals surface area (Å²) in [5.74, 6) is -0.526. The second kappa shape index (κ2) is 6.66. The van der Waals surface area contributed by atoms with Crippen LogP contribution in [0.4, 0.5) is 10.2 Å². The van der Waals surface area contributed by atoms with Crippen LogP contribution in [0, 0.1) is 12.7 Å². The number of aliphatic imine (C=N–C) groups is 1. The van der Waals surface area contributed by atoms with Crippen molar-refractivity contribution in [1.29, 1.82) is 0 Å². The van der Waals surface area contributed by atoms with Gasteiger partial charge in [0.1, 0.15) is 5.82 Å². The van der Waals surface area contributed by atoms with Gasteiger partial charge in [-0.1, -0.05) is 23.9 Å². The van der Waals surface area contributed by atoms with Crippen molar-refractivity contribution in [2.45, 2.75) is 19.1 Å². The first-order valence-corrected chi connectivity index (χ1v) is 9.22. The Balaban J connectivity index is 1.82. The number of halogens is 1. The first-order valence-electron chi connectivity index (χ1n) is 8.34. The topological polar surface area (TPSA) is 67.5 Å². The first-order chi connectivity index (χ1) is 12.9. The fourth-order valence-corrected chi connectivity index (χ4v) is 4.31. The molecule has 136 valence electrons. The number of rotatable bonds is 3. The Morgan fingerprint density at radius 2 is 1.78 bits per heavy atom.